The molecule has 2 N–H and O–H groups in total. The van der Waals surface area contributed by atoms with Gasteiger partial charge in [-0.05, 0) is 52.9 Å². The van der Waals surface area contributed by atoms with Crippen LogP contribution in [0.2, 0.25) is 0 Å². The van der Waals surface area contributed by atoms with E-state index in [4.69, 9.17) is 10.5 Å². The van der Waals surface area contributed by atoms with Gasteiger partial charge in [0.15, 0.2) is 0 Å². The molecule has 0 saturated carbocycles. The molecule has 20 heavy (non-hydrogen) atoms. The van der Waals surface area contributed by atoms with Crippen LogP contribution < -0.4 is 5.73 Å². The molecule has 1 saturated heterocycles. The third-order valence-corrected chi connectivity index (χ3v) is 6.23. The van der Waals surface area contributed by atoms with E-state index in [2.05, 4.69) is 15.9 Å². The fourth-order valence-electron chi connectivity index (χ4n) is 2.30. The van der Waals surface area contributed by atoms with Crippen molar-refractivity contribution in [3.05, 3.63) is 22.7 Å². The molecule has 1 aliphatic rings. The third kappa shape index (κ3) is 3.52. The molecular weight excluding hydrogens is 344 g/mol. The van der Waals surface area contributed by atoms with Crippen LogP contribution in [0.3, 0.4) is 0 Å². The van der Waals surface area contributed by atoms with E-state index in [-0.39, 0.29) is 10.8 Å². The Morgan fingerprint density at radius 3 is 2.90 bits per heavy atom. The molecule has 2 rings (SSSR count). The van der Waals surface area contributed by atoms with E-state index in [9.17, 15) is 8.42 Å². The molecule has 1 atom stereocenters. The van der Waals surface area contributed by atoms with Crippen LogP contribution in [-0.2, 0) is 14.8 Å². The average molecular weight is 363 g/mol. The van der Waals surface area contributed by atoms with Gasteiger partial charge in [-0.25, -0.2) is 12.7 Å². The van der Waals surface area contributed by atoms with Gasteiger partial charge >= 0.3 is 0 Å². The molecule has 0 spiro atoms. The van der Waals surface area contributed by atoms with Crippen LogP contribution in [0.25, 0.3) is 0 Å². The molecule has 5 nitrogen and oxygen atoms in total. The molecule has 7 heteroatoms. The summed E-state index contributed by atoms with van der Waals surface area (Å²) in [7, 11) is -1.94. The highest BCUT2D eigenvalue weighted by molar-refractivity contribution is 9.10. The Hall–Kier alpha value is -0.630. The normalized spacial score (nSPS) is 20.2. The second-order valence-corrected chi connectivity index (χ2v) is 7.93. The predicted molar refractivity (Wildman–Crippen MR) is 81.9 cm³/mol. The molecule has 112 valence electrons. The van der Waals surface area contributed by atoms with Gasteiger partial charge in [-0.15, -0.1) is 0 Å². The lowest BCUT2D eigenvalue weighted by atomic mass is 10.0. The van der Waals surface area contributed by atoms with Crippen molar-refractivity contribution in [2.75, 3.05) is 32.5 Å². The summed E-state index contributed by atoms with van der Waals surface area (Å²) in [6, 6.07) is 4.80. The van der Waals surface area contributed by atoms with Gasteiger partial charge in [0.1, 0.15) is 0 Å². The summed E-state index contributed by atoms with van der Waals surface area (Å²) in [5.41, 5.74) is 6.12. The smallest absolute Gasteiger partial charge is 0.244 e. The van der Waals surface area contributed by atoms with Crippen LogP contribution in [0, 0.1) is 5.92 Å². The van der Waals surface area contributed by atoms with E-state index >= 15 is 0 Å². The lowest BCUT2D eigenvalue weighted by Crippen LogP contribution is -2.35. The van der Waals surface area contributed by atoms with Crippen molar-refractivity contribution in [1.82, 2.24) is 4.31 Å². The van der Waals surface area contributed by atoms with E-state index in [1.807, 2.05) is 0 Å². The van der Waals surface area contributed by atoms with Crippen LogP contribution in [0.5, 0.6) is 0 Å². The number of halogens is 1. The molecule has 1 aliphatic heterocycles. The minimum Gasteiger partial charge on any atom is -0.399 e. The van der Waals surface area contributed by atoms with Gasteiger partial charge in [0, 0.05) is 30.4 Å². The average Bonchev–Trinajstić information content (AvgIpc) is 2.42. The Morgan fingerprint density at radius 2 is 2.25 bits per heavy atom. The number of hydrogen-bond acceptors (Lipinski definition) is 4. The molecule has 1 unspecified atom stereocenters. The highest BCUT2D eigenvalue weighted by atomic mass is 79.9. The first-order valence-corrected chi connectivity index (χ1v) is 8.73. The predicted octanol–water partition coefficient (Wildman–Crippen LogP) is 2.08. The van der Waals surface area contributed by atoms with E-state index in [0.717, 1.165) is 19.4 Å². The Kier molecular flexibility index (Phi) is 5.06. The number of nitrogens with two attached hydrogens (primary N) is 1. The SMILES string of the molecule is CN(CC1CCCOC1)S(=O)(=O)c1cc(N)ccc1Br. The molecule has 1 fully saturated rings. The number of ether oxygens (including phenoxy) is 1. The Bertz CT molecular complexity index is 571. The minimum atomic E-state index is -3.54. The van der Waals surface area contributed by atoms with Crippen molar-refractivity contribution in [3.8, 4) is 0 Å². The van der Waals surface area contributed by atoms with Crippen LogP contribution in [-0.4, -0.2) is 39.5 Å². The number of nitrogens with zero attached hydrogens (tertiary/aromatic N) is 1. The zero-order valence-corrected chi connectivity index (χ0v) is 13.8. The number of anilines is 1. The van der Waals surface area contributed by atoms with Crippen molar-refractivity contribution < 1.29 is 13.2 Å². The van der Waals surface area contributed by atoms with Crippen LogP contribution in [0.1, 0.15) is 12.8 Å². The zero-order chi connectivity index (χ0) is 14.8. The minimum absolute atomic E-state index is 0.205. The summed E-state index contributed by atoms with van der Waals surface area (Å²) >= 11 is 3.27. The number of benzene rings is 1. The van der Waals surface area contributed by atoms with Crippen molar-refractivity contribution in [1.29, 1.82) is 0 Å². The van der Waals surface area contributed by atoms with Gasteiger partial charge in [0.05, 0.1) is 11.5 Å². The van der Waals surface area contributed by atoms with Gasteiger partial charge in [-0.1, -0.05) is 0 Å². The molecule has 1 aromatic rings. The van der Waals surface area contributed by atoms with Gasteiger partial charge < -0.3 is 10.5 Å². The van der Waals surface area contributed by atoms with Crippen molar-refractivity contribution >= 4 is 31.6 Å². The number of sulfonamides is 1. The van der Waals surface area contributed by atoms with Crippen molar-refractivity contribution in [2.24, 2.45) is 5.92 Å². The molecule has 0 aromatic heterocycles. The Balaban J connectivity index is 2.18. The zero-order valence-electron chi connectivity index (χ0n) is 11.4. The van der Waals surface area contributed by atoms with Crippen LogP contribution in [0.15, 0.2) is 27.6 Å². The first-order chi connectivity index (χ1) is 9.41. The van der Waals surface area contributed by atoms with Crippen molar-refractivity contribution in [3.63, 3.8) is 0 Å². The summed E-state index contributed by atoms with van der Waals surface area (Å²) in [6.45, 7) is 1.86. The molecular formula is C13H19BrN2O3S. The van der Waals surface area contributed by atoms with Gasteiger partial charge in [-0.2, -0.15) is 0 Å². The molecule has 0 bridgehead atoms. The second kappa shape index (κ2) is 6.43. The monoisotopic (exact) mass is 362 g/mol. The highest BCUT2D eigenvalue weighted by Gasteiger charge is 2.26. The van der Waals surface area contributed by atoms with Crippen molar-refractivity contribution in [2.45, 2.75) is 17.7 Å². The standard InChI is InChI=1S/C13H19BrN2O3S/c1-16(8-10-3-2-6-19-9-10)20(17,18)13-7-11(15)4-5-12(13)14/h4-5,7,10H,2-3,6,8-9,15H2,1H3. The van der Waals surface area contributed by atoms with Gasteiger partial charge in [0.2, 0.25) is 10.0 Å². The molecule has 1 aromatic carbocycles. The highest BCUT2D eigenvalue weighted by Crippen LogP contribution is 2.27. The van der Waals surface area contributed by atoms with E-state index in [1.165, 1.54) is 10.4 Å². The summed E-state index contributed by atoms with van der Waals surface area (Å²) in [4.78, 5) is 0.205. The number of rotatable bonds is 4. The summed E-state index contributed by atoms with van der Waals surface area (Å²) in [5.74, 6) is 0.253. The van der Waals surface area contributed by atoms with Crippen LogP contribution in [0.4, 0.5) is 5.69 Å². The summed E-state index contributed by atoms with van der Waals surface area (Å²) in [6.07, 6.45) is 1.98. The first kappa shape index (κ1) is 15.8. The number of nitrogen functional groups attached to an aromatic ring is 1. The Morgan fingerprint density at radius 1 is 1.50 bits per heavy atom. The fourth-order valence-corrected chi connectivity index (χ4v) is 4.50. The molecule has 0 aliphatic carbocycles. The maximum atomic E-state index is 12.6. The topological polar surface area (TPSA) is 72.6 Å². The lowest BCUT2D eigenvalue weighted by Gasteiger charge is -2.27. The maximum Gasteiger partial charge on any atom is 0.244 e. The summed E-state index contributed by atoms with van der Waals surface area (Å²) in [5, 5.41) is 0. The van der Waals surface area contributed by atoms with E-state index < -0.39 is 10.0 Å². The largest absolute Gasteiger partial charge is 0.399 e. The van der Waals surface area contributed by atoms with Gasteiger partial charge in [0.25, 0.3) is 0 Å². The fraction of sp³-hybridized carbons (Fsp3) is 0.538. The summed E-state index contributed by atoms with van der Waals surface area (Å²) < 4.78 is 32.5. The lowest BCUT2D eigenvalue weighted by molar-refractivity contribution is 0.0495. The van der Waals surface area contributed by atoms with Crippen LogP contribution >= 0.6 is 15.9 Å². The maximum absolute atomic E-state index is 12.6. The molecule has 0 amide bonds. The quantitative estimate of drug-likeness (QED) is 0.832. The second-order valence-electron chi connectivity index (χ2n) is 5.06. The molecule has 1 heterocycles. The number of hydrogen-bond donors (Lipinski definition) is 1. The Labute approximate surface area is 128 Å². The first-order valence-electron chi connectivity index (χ1n) is 6.50. The van der Waals surface area contributed by atoms with E-state index in [0.29, 0.717) is 23.3 Å². The third-order valence-electron chi connectivity index (χ3n) is 3.41. The van der Waals surface area contributed by atoms with Gasteiger partial charge in [-0.3, -0.25) is 0 Å². The molecule has 0 radical (unpaired) electrons. The van der Waals surface area contributed by atoms with E-state index in [1.54, 1.807) is 19.2 Å².